The molecule has 0 rings (SSSR count). The number of carbonyl (C=O) groups excluding carboxylic acids is 3. The van der Waals surface area contributed by atoms with E-state index in [4.69, 9.17) is 14.2 Å². The fourth-order valence-corrected chi connectivity index (χ4v) is 8.46. The standard InChI is InChI=1S/C77H120O6/c1-4-7-10-13-16-19-22-25-28-31-33-34-35-36-37-38-39-40-41-42-44-46-49-52-55-58-61-64-67-70-76(79)82-73-74(72-81-75(78)69-66-63-60-57-54-51-48-45-30-27-24-21-18-15-12-9-6-3)83-77(80)71-68-65-62-59-56-53-50-47-43-32-29-26-23-20-17-14-11-8-5-2/h7,9-10,12,16-21,25-30,33-34,36-37,39-40,42-44,47-48,51,57,60,74H,4-6,8,11,13-15,22-24,31-32,35,38,41,45-46,49-50,52-56,58-59,61-73H2,1-3H3/b10-7-,12-9-,19-16-,20-17-,21-18-,28-25-,29-26-,30-27-,34-33-,37-36-,40-39-,44-42-,47-43-,51-48-,60-57-. The molecule has 6 nitrogen and oxygen atoms in total. The van der Waals surface area contributed by atoms with E-state index in [1.165, 1.54) is 57.8 Å². The van der Waals surface area contributed by atoms with E-state index in [1.807, 2.05) is 0 Å². The highest BCUT2D eigenvalue weighted by Gasteiger charge is 2.19. The maximum Gasteiger partial charge on any atom is 0.306 e. The van der Waals surface area contributed by atoms with Gasteiger partial charge in [-0.2, -0.15) is 0 Å². The predicted octanol–water partition coefficient (Wildman–Crippen LogP) is 23.2. The normalized spacial score (nSPS) is 13.3. The van der Waals surface area contributed by atoms with Crippen molar-refractivity contribution >= 4 is 17.9 Å². The molecule has 1 unspecified atom stereocenters. The van der Waals surface area contributed by atoms with Crippen LogP contribution in [0.15, 0.2) is 182 Å². The van der Waals surface area contributed by atoms with Crippen molar-refractivity contribution in [2.75, 3.05) is 13.2 Å². The van der Waals surface area contributed by atoms with E-state index in [0.717, 1.165) is 161 Å². The number of ether oxygens (including phenoxy) is 3. The van der Waals surface area contributed by atoms with E-state index in [0.29, 0.717) is 12.8 Å². The maximum atomic E-state index is 12.9. The second-order valence-corrected chi connectivity index (χ2v) is 21.3. The van der Waals surface area contributed by atoms with Crippen molar-refractivity contribution in [3.63, 3.8) is 0 Å². The van der Waals surface area contributed by atoms with Crippen molar-refractivity contribution in [2.24, 2.45) is 0 Å². The fourth-order valence-electron chi connectivity index (χ4n) is 8.46. The van der Waals surface area contributed by atoms with Gasteiger partial charge in [-0.15, -0.1) is 0 Å². The molecular formula is C77H120O6. The molecule has 0 amide bonds. The summed E-state index contributed by atoms with van der Waals surface area (Å²) in [4.78, 5) is 38.4. The minimum absolute atomic E-state index is 0.116. The molecule has 0 spiro atoms. The van der Waals surface area contributed by atoms with Gasteiger partial charge in [0.25, 0.3) is 0 Å². The van der Waals surface area contributed by atoms with Crippen molar-refractivity contribution in [2.45, 2.75) is 271 Å². The molecule has 0 heterocycles. The van der Waals surface area contributed by atoms with Gasteiger partial charge < -0.3 is 14.2 Å². The molecular weight excluding hydrogens is 1020 g/mol. The maximum absolute atomic E-state index is 12.9. The second-order valence-electron chi connectivity index (χ2n) is 21.3. The minimum Gasteiger partial charge on any atom is -0.462 e. The zero-order chi connectivity index (χ0) is 59.9. The first-order valence-corrected chi connectivity index (χ1v) is 33.3. The Kier molecular flexibility index (Phi) is 64.4. The molecule has 83 heavy (non-hydrogen) atoms. The first-order chi connectivity index (χ1) is 41.0. The van der Waals surface area contributed by atoms with E-state index in [-0.39, 0.29) is 44.0 Å². The number of rotatable bonds is 58. The number of carbonyl (C=O) groups is 3. The molecule has 0 radical (unpaired) electrons. The van der Waals surface area contributed by atoms with Gasteiger partial charge in [-0.3, -0.25) is 14.4 Å². The fraction of sp³-hybridized carbons (Fsp3) is 0.571. The summed E-state index contributed by atoms with van der Waals surface area (Å²) in [6, 6.07) is 0. The number of unbranched alkanes of at least 4 members (excludes halogenated alkanes) is 17. The van der Waals surface area contributed by atoms with E-state index in [2.05, 4.69) is 203 Å². The highest BCUT2D eigenvalue weighted by atomic mass is 16.6. The van der Waals surface area contributed by atoms with E-state index in [1.54, 1.807) is 0 Å². The third kappa shape index (κ3) is 67.2. The van der Waals surface area contributed by atoms with Crippen LogP contribution >= 0.6 is 0 Å². The Balaban J connectivity index is 4.49. The zero-order valence-electron chi connectivity index (χ0n) is 53.1. The molecule has 0 aromatic rings. The Morgan fingerprint density at radius 2 is 0.482 bits per heavy atom. The van der Waals surface area contributed by atoms with Gasteiger partial charge in [0.1, 0.15) is 13.2 Å². The molecule has 0 aliphatic heterocycles. The molecule has 0 aliphatic carbocycles. The lowest BCUT2D eigenvalue weighted by molar-refractivity contribution is -0.167. The molecule has 464 valence electrons. The van der Waals surface area contributed by atoms with Gasteiger partial charge in [0.05, 0.1) is 0 Å². The first kappa shape index (κ1) is 77.5. The van der Waals surface area contributed by atoms with Gasteiger partial charge in [0.2, 0.25) is 0 Å². The van der Waals surface area contributed by atoms with Crippen molar-refractivity contribution in [1.29, 1.82) is 0 Å². The monoisotopic (exact) mass is 1140 g/mol. The van der Waals surface area contributed by atoms with Crippen LogP contribution in [0.3, 0.4) is 0 Å². The van der Waals surface area contributed by atoms with Crippen LogP contribution in [0.5, 0.6) is 0 Å². The highest BCUT2D eigenvalue weighted by Crippen LogP contribution is 2.14. The molecule has 0 bridgehead atoms. The summed E-state index contributed by atoms with van der Waals surface area (Å²) in [5, 5.41) is 0. The number of esters is 3. The lowest BCUT2D eigenvalue weighted by Crippen LogP contribution is -2.30. The molecule has 6 heteroatoms. The predicted molar refractivity (Wildman–Crippen MR) is 361 cm³/mol. The van der Waals surface area contributed by atoms with Crippen molar-refractivity contribution in [3.05, 3.63) is 182 Å². The van der Waals surface area contributed by atoms with Crippen molar-refractivity contribution in [3.8, 4) is 0 Å². The molecule has 0 aliphatic rings. The van der Waals surface area contributed by atoms with Crippen LogP contribution in [-0.2, 0) is 28.6 Å². The Hall–Kier alpha value is -5.49. The quantitative estimate of drug-likeness (QED) is 0.0261. The van der Waals surface area contributed by atoms with Crippen molar-refractivity contribution in [1.82, 2.24) is 0 Å². The van der Waals surface area contributed by atoms with Gasteiger partial charge in [-0.25, -0.2) is 0 Å². The second kappa shape index (κ2) is 69.0. The van der Waals surface area contributed by atoms with Crippen molar-refractivity contribution < 1.29 is 28.6 Å². The Bertz CT molecular complexity index is 1940. The summed E-state index contributed by atoms with van der Waals surface area (Å²) in [5.41, 5.74) is 0. The highest BCUT2D eigenvalue weighted by molar-refractivity contribution is 5.71. The van der Waals surface area contributed by atoms with E-state index >= 15 is 0 Å². The molecule has 0 aromatic heterocycles. The lowest BCUT2D eigenvalue weighted by Gasteiger charge is -2.18. The molecule has 0 fully saturated rings. The number of allylic oxidation sites excluding steroid dienone is 30. The first-order valence-electron chi connectivity index (χ1n) is 33.3. The number of hydrogen-bond acceptors (Lipinski definition) is 6. The third-order valence-electron chi connectivity index (χ3n) is 13.4. The smallest absolute Gasteiger partial charge is 0.306 e. The van der Waals surface area contributed by atoms with Crippen LogP contribution in [0.25, 0.3) is 0 Å². The Morgan fingerprint density at radius 3 is 0.783 bits per heavy atom. The largest absolute Gasteiger partial charge is 0.462 e. The average Bonchev–Trinajstić information content (AvgIpc) is 3.49. The SMILES string of the molecule is CC/C=C\C/C=C\C/C=C\C/C=C\C/C=C\C/C=C\C/C=C\CCCCCCCCCC(=O)OCC(COC(=O)CCC/C=C\C/C=C\C/C=C\C/C=C\C/C=C\CC)OC(=O)CCCCCCCC/C=C\C/C=C\C/C=C\CCCCC. The van der Waals surface area contributed by atoms with E-state index < -0.39 is 6.10 Å². The van der Waals surface area contributed by atoms with Crippen LogP contribution < -0.4 is 0 Å². The Morgan fingerprint density at radius 1 is 0.253 bits per heavy atom. The van der Waals surface area contributed by atoms with Gasteiger partial charge in [0, 0.05) is 19.3 Å². The summed E-state index contributed by atoms with van der Waals surface area (Å²) in [7, 11) is 0. The zero-order valence-corrected chi connectivity index (χ0v) is 53.1. The molecule has 0 saturated carbocycles. The minimum atomic E-state index is -0.825. The van der Waals surface area contributed by atoms with Gasteiger partial charge in [-0.1, -0.05) is 274 Å². The Labute approximate surface area is 510 Å². The summed E-state index contributed by atoms with van der Waals surface area (Å²) < 4.78 is 16.9. The lowest BCUT2D eigenvalue weighted by atomic mass is 10.1. The molecule has 0 aromatic carbocycles. The summed E-state index contributed by atoms with van der Waals surface area (Å²) in [6.45, 7) is 6.31. The molecule has 1 atom stereocenters. The topological polar surface area (TPSA) is 78.9 Å². The molecule has 0 saturated heterocycles. The van der Waals surface area contributed by atoms with Gasteiger partial charge >= 0.3 is 17.9 Å². The van der Waals surface area contributed by atoms with E-state index in [9.17, 15) is 14.4 Å². The van der Waals surface area contributed by atoms with Crippen LogP contribution in [0, 0.1) is 0 Å². The summed E-state index contributed by atoms with van der Waals surface area (Å²) >= 11 is 0. The van der Waals surface area contributed by atoms with Gasteiger partial charge in [0.15, 0.2) is 6.10 Å². The summed E-state index contributed by atoms with van der Waals surface area (Å²) in [5.74, 6) is -1.00. The molecule has 0 N–H and O–H groups in total. The number of hydrogen-bond donors (Lipinski definition) is 0. The average molecular weight is 1140 g/mol. The van der Waals surface area contributed by atoms with Crippen LogP contribution in [0.2, 0.25) is 0 Å². The third-order valence-corrected chi connectivity index (χ3v) is 13.4. The van der Waals surface area contributed by atoms with Gasteiger partial charge in [-0.05, 0) is 154 Å². The van der Waals surface area contributed by atoms with Crippen LogP contribution in [-0.4, -0.2) is 37.2 Å². The summed E-state index contributed by atoms with van der Waals surface area (Å²) in [6.07, 6.45) is 103. The van der Waals surface area contributed by atoms with Crippen LogP contribution in [0.1, 0.15) is 265 Å². The van der Waals surface area contributed by atoms with Crippen LogP contribution in [0.4, 0.5) is 0 Å².